The van der Waals surface area contributed by atoms with Crippen LogP contribution in [0, 0.1) is 5.92 Å². The van der Waals surface area contributed by atoms with Gasteiger partial charge in [0.05, 0.1) is 14.2 Å². The van der Waals surface area contributed by atoms with Gasteiger partial charge in [-0.05, 0) is 42.5 Å². The van der Waals surface area contributed by atoms with E-state index in [0.717, 1.165) is 23.2 Å². The zero-order chi connectivity index (χ0) is 12.1. The monoisotopic (exact) mass is 253 g/mol. The molecule has 0 aromatic heterocycles. The Kier molecular flexibility index (Phi) is 4.57. The van der Waals surface area contributed by atoms with Gasteiger partial charge in [0.15, 0.2) is 11.5 Å². The minimum atomic E-state index is 0.796. The van der Waals surface area contributed by atoms with Crippen LogP contribution in [0.3, 0.4) is 0 Å². The molecule has 1 heterocycles. The van der Waals surface area contributed by atoms with Gasteiger partial charge in [0.2, 0.25) is 0 Å². The fourth-order valence-electron chi connectivity index (χ4n) is 1.78. The first-order valence-electron chi connectivity index (χ1n) is 5.83. The number of nitrogens with one attached hydrogen (secondary N) is 1. The van der Waals surface area contributed by atoms with Crippen molar-refractivity contribution in [2.24, 2.45) is 5.92 Å². The van der Waals surface area contributed by atoms with Crippen molar-refractivity contribution in [3.8, 4) is 11.5 Å². The van der Waals surface area contributed by atoms with Gasteiger partial charge in [-0.25, -0.2) is 0 Å². The third-order valence-corrected chi connectivity index (χ3v) is 4.18. The lowest BCUT2D eigenvalue weighted by Gasteiger charge is -2.26. The molecular formula is C13H19NO2S. The Morgan fingerprint density at radius 1 is 1.24 bits per heavy atom. The molecule has 0 bridgehead atoms. The van der Waals surface area contributed by atoms with Crippen LogP contribution in [0.25, 0.3) is 0 Å². The first-order chi connectivity index (χ1) is 8.33. The van der Waals surface area contributed by atoms with E-state index in [9.17, 15) is 0 Å². The van der Waals surface area contributed by atoms with Crippen LogP contribution in [-0.2, 0) is 5.75 Å². The molecule has 1 aromatic rings. The van der Waals surface area contributed by atoms with E-state index in [1.165, 1.54) is 24.4 Å². The Hall–Kier alpha value is -0.870. The summed E-state index contributed by atoms with van der Waals surface area (Å²) in [6.45, 7) is 2.36. The largest absolute Gasteiger partial charge is 0.493 e. The molecule has 1 fully saturated rings. The molecule has 1 N–H and O–H groups in total. The van der Waals surface area contributed by atoms with Gasteiger partial charge in [0.1, 0.15) is 0 Å². The number of methoxy groups -OCH3 is 2. The van der Waals surface area contributed by atoms with Gasteiger partial charge in [0, 0.05) is 5.75 Å². The molecule has 1 aromatic carbocycles. The second-order valence-electron chi connectivity index (χ2n) is 4.23. The van der Waals surface area contributed by atoms with Crippen LogP contribution < -0.4 is 14.8 Å². The summed E-state index contributed by atoms with van der Waals surface area (Å²) in [5, 5.41) is 3.29. The van der Waals surface area contributed by atoms with E-state index in [2.05, 4.69) is 17.4 Å². The molecule has 0 unspecified atom stereocenters. The summed E-state index contributed by atoms with van der Waals surface area (Å²) in [6.07, 6.45) is 0. The van der Waals surface area contributed by atoms with Crippen LogP contribution >= 0.6 is 11.8 Å². The SMILES string of the molecule is COc1ccc(CSCC2CNC2)cc1OC. The Bertz CT molecular complexity index is 366. The molecule has 2 rings (SSSR count). The molecule has 0 atom stereocenters. The zero-order valence-corrected chi connectivity index (χ0v) is 11.2. The summed E-state index contributed by atoms with van der Waals surface area (Å²) >= 11 is 1.99. The molecule has 0 spiro atoms. The van der Waals surface area contributed by atoms with Crippen LogP contribution in [0.1, 0.15) is 5.56 Å². The minimum absolute atomic E-state index is 0.796. The van der Waals surface area contributed by atoms with Crippen molar-refractivity contribution in [3.63, 3.8) is 0 Å². The van der Waals surface area contributed by atoms with E-state index in [4.69, 9.17) is 9.47 Å². The smallest absolute Gasteiger partial charge is 0.161 e. The summed E-state index contributed by atoms with van der Waals surface area (Å²) in [4.78, 5) is 0. The van der Waals surface area contributed by atoms with Gasteiger partial charge >= 0.3 is 0 Å². The highest BCUT2D eigenvalue weighted by molar-refractivity contribution is 7.98. The maximum atomic E-state index is 5.29. The third kappa shape index (κ3) is 3.30. The van der Waals surface area contributed by atoms with E-state index >= 15 is 0 Å². The highest BCUT2D eigenvalue weighted by Gasteiger charge is 2.16. The van der Waals surface area contributed by atoms with Gasteiger partial charge < -0.3 is 14.8 Å². The molecular weight excluding hydrogens is 234 g/mol. The summed E-state index contributed by atoms with van der Waals surface area (Å²) in [5.41, 5.74) is 1.29. The van der Waals surface area contributed by atoms with Crippen LogP contribution in [0.5, 0.6) is 11.5 Å². The molecule has 94 valence electrons. The first kappa shape index (κ1) is 12.6. The van der Waals surface area contributed by atoms with Crippen molar-refractivity contribution in [3.05, 3.63) is 23.8 Å². The van der Waals surface area contributed by atoms with Crippen LogP contribution in [0.4, 0.5) is 0 Å². The Morgan fingerprint density at radius 2 is 2.00 bits per heavy atom. The molecule has 0 saturated carbocycles. The fraction of sp³-hybridized carbons (Fsp3) is 0.538. The summed E-state index contributed by atoms with van der Waals surface area (Å²) < 4.78 is 10.5. The predicted octanol–water partition coefficient (Wildman–Crippen LogP) is 2.16. The average molecular weight is 253 g/mol. The molecule has 0 aliphatic carbocycles. The number of thioether (sulfide) groups is 1. The number of hydrogen-bond donors (Lipinski definition) is 1. The molecule has 3 nitrogen and oxygen atoms in total. The lowest BCUT2D eigenvalue weighted by atomic mass is 10.1. The quantitative estimate of drug-likeness (QED) is 0.841. The van der Waals surface area contributed by atoms with Gasteiger partial charge in [-0.1, -0.05) is 6.07 Å². The lowest BCUT2D eigenvalue weighted by Crippen LogP contribution is -2.43. The van der Waals surface area contributed by atoms with Crippen LogP contribution in [-0.4, -0.2) is 33.1 Å². The summed E-state index contributed by atoms with van der Waals surface area (Å²) in [7, 11) is 3.34. The number of rotatable bonds is 6. The van der Waals surface area contributed by atoms with Crippen LogP contribution in [0.2, 0.25) is 0 Å². The van der Waals surface area contributed by atoms with Gasteiger partial charge in [-0.3, -0.25) is 0 Å². The fourth-order valence-corrected chi connectivity index (χ4v) is 2.88. The van der Waals surface area contributed by atoms with E-state index in [1.807, 2.05) is 17.8 Å². The molecule has 1 saturated heterocycles. The molecule has 1 aliphatic rings. The highest BCUT2D eigenvalue weighted by atomic mass is 32.2. The topological polar surface area (TPSA) is 30.5 Å². The van der Waals surface area contributed by atoms with E-state index < -0.39 is 0 Å². The Morgan fingerprint density at radius 3 is 2.59 bits per heavy atom. The normalized spacial score (nSPS) is 15.4. The van der Waals surface area contributed by atoms with Crippen molar-refractivity contribution in [2.75, 3.05) is 33.1 Å². The van der Waals surface area contributed by atoms with Crippen molar-refractivity contribution in [1.29, 1.82) is 0 Å². The number of hydrogen-bond acceptors (Lipinski definition) is 4. The van der Waals surface area contributed by atoms with Gasteiger partial charge in [-0.15, -0.1) is 0 Å². The molecule has 1 aliphatic heterocycles. The minimum Gasteiger partial charge on any atom is -0.493 e. The second kappa shape index (κ2) is 6.17. The standard InChI is InChI=1S/C13H19NO2S/c1-15-12-4-3-10(5-13(12)16-2)8-17-9-11-6-14-7-11/h3-5,11,14H,6-9H2,1-2H3. The molecule has 0 amide bonds. The lowest BCUT2D eigenvalue weighted by molar-refractivity contribution is 0.354. The van der Waals surface area contributed by atoms with E-state index in [-0.39, 0.29) is 0 Å². The van der Waals surface area contributed by atoms with Crippen molar-refractivity contribution >= 4 is 11.8 Å². The molecule has 4 heteroatoms. The predicted molar refractivity (Wildman–Crippen MR) is 72.1 cm³/mol. The van der Waals surface area contributed by atoms with Crippen molar-refractivity contribution in [1.82, 2.24) is 5.32 Å². The van der Waals surface area contributed by atoms with Gasteiger partial charge in [-0.2, -0.15) is 11.8 Å². The van der Waals surface area contributed by atoms with E-state index in [0.29, 0.717) is 0 Å². The second-order valence-corrected chi connectivity index (χ2v) is 5.26. The first-order valence-corrected chi connectivity index (χ1v) is 6.98. The van der Waals surface area contributed by atoms with Crippen molar-refractivity contribution in [2.45, 2.75) is 5.75 Å². The molecule has 17 heavy (non-hydrogen) atoms. The number of ether oxygens (including phenoxy) is 2. The summed E-state index contributed by atoms with van der Waals surface area (Å²) in [5.74, 6) is 4.75. The highest BCUT2D eigenvalue weighted by Crippen LogP contribution is 2.29. The zero-order valence-electron chi connectivity index (χ0n) is 10.4. The maximum Gasteiger partial charge on any atom is 0.161 e. The Balaban J connectivity index is 1.86. The third-order valence-electron chi connectivity index (χ3n) is 2.94. The van der Waals surface area contributed by atoms with Crippen LogP contribution in [0.15, 0.2) is 18.2 Å². The average Bonchev–Trinajstić information content (AvgIpc) is 2.32. The Labute approximate surface area is 107 Å². The molecule has 0 radical (unpaired) electrons. The van der Waals surface area contributed by atoms with E-state index in [1.54, 1.807) is 14.2 Å². The number of benzene rings is 1. The maximum absolute atomic E-state index is 5.29. The van der Waals surface area contributed by atoms with Gasteiger partial charge in [0.25, 0.3) is 0 Å². The van der Waals surface area contributed by atoms with Crippen molar-refractivity contribution < 1.29 is 9.47 Å². The summed E-state index contributed by atoms with van der Waals surface area (Å²) in [6, 6.07) is 6.14.